The first-order valence-corrected chi connectivity index (χ1v) is 10.1. The molecule has 1 aliphatic rings. The van der Waals surface area contributed by atoms with Crippen LogP contribution < -0.4 is 5.43 Å². The molecule has 0 spiro atoms. The molecule has 0 aromatic heterocycles. The van der Waals surface area contributed by atoms with Crippen LogP contribution in [0, 0.1) is 0 Å². The van der Waals surface area contributed by atoms with Gasteiger partial charge in [-0.2, -0.15) is 5.10 Å². The zero-order chi connectivity index (χ0) is 21.5. The predicted molar refractivity (Wildman–Crippen MR) is 115 cm³/mol. The highest BCUT2D eigenvalue weighted by Crippen LogP contribution is 2.33. The van der Waals surface area contributed by atoms with Gasteiger partial charge in [0.2, 0.25) is 0 Å². The lowest BCUT2D eigenvalue weighted by molar-refractivity contribution is -0.139. The zero-order valence-corrected chi connectivity index (χ0v) is 17.6. The first-order chi connectivity index (χ1) is 14.5. The van der Waals surface area contributed by atoms with E-state index in [2.05, 4.69) is 10.5 Å². The smallest absolute Gasteiger partial charge is 0.355 e. The lowest BCUT2D eigenvalue weighted by atomic mass is 9.84. The average molecular weight is 427 g/mol. The van der Waals surface area contributed by atoms with Crippen molar-refractivity contribution in [2.75, 3.05) is 13.2 Å². The number of nitrogens with one attached hydrogen (secondary N) is 1. The Balaban J connectivity index is 1.87. The minimum absolute atomic E-state index is 0.0831. The fraction of sp³-hybridized carbons (Fsp3) is 0.261. The van der Waals surface area contributed by atoms with Crippen molar-refractivity contribution in [3.63, 3.8) is 0 Å². The van der Waals surface area contributed by atoms with Gasteiger partial charge in [-0.3, -0.25) is 5.43 Å². The number of nitrogens with zero attached hydrogens (tertiary/aromatic N) is 1. The van der Waals surface area contributed by atoms with Crippen LogP contribution in [0.2, 0.25) is 5.02 Å². The van der Waals surface area contributed by atoms with Crippen LogP contribution in [-0.4, -0.2) is 30.9 Å². The monoisotopic (exact) mass is 426 g/mol. The summed E-state index contributed by atoms with van der Waals surface area (Å²) in [5, 5.41) is 4.65. The highest BCUT2D eigenvalue weighted by atomic mass is 35.5. The molecule has 0 bridgehead atoms. The average Bonchev–Trinajstić information content (AvgIpc) is 2.74. The Morgan fingerprint density at radius 2 is 1.83 bits per heavy atom. The van der Waals surface area contributed by atoms with E-state index in [1.165, 1.54) is 0 Å². The van der Waals surface area contributed by atoms with E-state index >= 15 is 0 Å². The number of allylic oxidation sites excluding steroid dienone is 1. The second-order valence-electron chi connectivity index (χ2n) is 6.73. The number of hydrazone groups is 1. The fourth-order valence-corrected chi connectivity index (χ4v) is 3.45. The van der Waals surface area contributed by atoms with Gasteiger partial charge in [-0.1, -0.05) is 54.1 Å². The van der Waals surface area contributed by atoms with Crippen molar-refractivity contribution in [1.82, 2.24) is 5.43 Å². The first kappa shape index (κ1) is 21.6. The number of hydrogen-bond donors (Lipinski definition) is 1. The van der Waals surface area contributed by atoms with E-state index in [1.807, 2.05) is 30.3 Å². The Bertz CT molecular complexity index is 986. The van der Waals surface area contributed by atoms with Crippen molar-refractivity contribution in [3.8, 4) is 0 Å². The molecule has 0 fully saturated rings. The van der Waals surface area contributed by atoms with E-state index < -0.39 is 17.9 Å². The number of ether oxygens (including phenoxy) is 2. The maximum absolute atomic E-state index is 13.0. The van der Waals surface area contributed by atoms with Crippen molar-refractivity contribution >= 4 is 29.3 Å². The van der Waals surface area contributed by atoms with Gasteiger partial charge >= 0.3 is 11.9 Å². The van der Waals surface area contributed by atoms with Crippen LogP contribution in [0.25, 0.3) is 0 Å². The SMILES string of the molecule is CCOC(=O)C1=NNC(C)=C(C(=O)OCCc2ccccc2)C1c1cccc(Cl)c1. The van der Waals surface area contributed by atoms with Crippen molar-refractivity contribution < 1.29 is 19.1 Å². The van der Waals surface area contributed by atoms with Gasteiger partial charge in [-0.15, -0.1) is 0 Å². The highest BCUT2D eigenvalue weighted by molar-refractivity contribution is 6.40. The van der Waals surface area contributed by atoms with Crippen LogP contribution in [0.4, 0.5) is 0 Å². The van der Waals surface area contributed by atoms with E-state index in [1.54, 1.807) is 38.1 Å². The number of rotatable bonds is 7. The van der Waals surface area contributed by atoms with Gasteiger partial charge in [0.25, 0.3) is 0 Å². The molecule has 156 valence electrons. The number of halogens is 1. The summed E-state index contributed by atoms with van der Waals surface area (Å²) in [7, 11) is 0. The standard InChI is InChI=1S/C23H23ClN2O4/c1-3-29-23(28)21-20(17-10-7-11-18(24)14-17)19(15(2)25-26-21)22(27)30-13-12-16-8-5-4-6-9-16/h4-11,14,20,25H,3,12-13H2,1-2H3. The summed E-state index contributed by atoms with van der Waals surface area (Å²) in [5.74, 6) is -1.86. The van der Waals surface area contributed by atoms with Gasteiger partial charge < -0.3 is 9.47 Å². The Labute approximate surface area is 180 Å². The van der Waals surface area contributed by atoms with Crippen LogP contribution in [0.5, 0.6) is 0 Å². The second-order valence-corrected chi connectivity index (χ2v) is 7.16. The summed E-state index contributed by atoms with van der Waals surface area (Å²) >= 11 is 6.16. The van der Waals surface area contributed by atoms with Gasteiger partial charge in [-0.05, 0) is 37.1 Å². The van der Waals surface area contributed by atoms with Gasteiger partial charge in [0.05, 0.1) is 24.7 Å². The molecule has 0 amide bonds. The number of hydrogen-bond acceptors (Lipinski definition) is 6. The van der Waals surface area contributed by atoms with Crippen LogP contribution >= 0.6 is 11.6 Å². The predicted octanol–water partition coefficient (Wildman–Crippen LogP) is 4.01. The molecule has 1 unspecified atom stereocenters. The third kappa shape index (κ3) is 5.07. The topological polar surface area (TPSA) is 77.0 Å². The molecule has 0 aliphatic carbocycles. The van der Waals surface area contributed by atoms with E-state index in [4.69, 9.17) is 21.1 Å². The molecule has 2 aromatic rings. The molecule has 0 radical (unpaired) electrons. The van der Waals surface area contributed by atoms with Crippen molar-refractivity contribution in [1.29, 1.82) is 0 Å². The fourth-order valence-electron chi connectivity index (χ4n) is 3.26. The number of carbonyl (C=O) groups is 2. The molecule has 1 heterocycles. The minimum atomic E-state index is -0.742. The van der Waals surface area contributed by atoms with E-state index in [-0.39, 0.29) is 18.9 Å². The lowest BCUT2D eigenvalue weighted by Gasteiger charge is -2.26. The molecule has 0 saturated carbocycles. The van der Waals surface area contributed by atoms with E-state index in [0.29, 0.717) is 28.3 Å². The van der Waals surface area contributed by atoms with Gasteiger partial charge in [0, 0.05) is 17.1 Å². The second kappa shape index (κ2) is 10.1. The van der Waals surface area contributed by atoms with Crippen LogP contribution in [-0.2, 0) is 25.5 Å². The molecule has 7 heteroatoms. The first-order valence-electron chi connectivity index (χ1n) is 9.69. The van der Waals surface area contributed by atoms with Crippen molar-refractivity contribution in [3.05, 3.63) is 82.0 Å². The molecular formula is C23H23ClN2O4. The molecule has 1 atom stereocenters. The number of carbonyl (C=O) groups excluding carboxylic acids is 2. The Hall–Kier alpha value is -3.12. The van der Waals surface area contributed by atoms with Crippen LogP contribution in [0.15, 0.2) is 71.0 Å². The molecule has 3 rings (SSSR count). The molecule has 6 nitrogen and oxygen atoms in total. The van der Waals surface area contributed by atoms with Crippen LogP contribution in [0.3, 0.4) is 0 Å². The van der Waals surface area contributed by atoms with E-state index in [0.717, 1.165) is 5.56 Å². The zero-order valence-electron chi connectivity index (χ0n) is 16.9. The van der Waals surface area contributed by atoms with Crippen molar-refractivity contribution in [2.45, 2.75) is 26.2 Å². The summed E-state index contributed by atoms with van der Waals surface area (Å²) in [4.78, 5) is 25.6. The largest absolute Gasteiger partial charge is 0.462 e. The van der Waals surface area contributed by atoms with Gasteiger partial charge in [-0.25, -0.2) is 9.59 Å². The van der Waals surface area contributed by atoms with Gasteiger partial charge in [0.1, 0.15) is 0 Å². The third-order valence-corrected chi connectivity index (χ3v) is 4.90. The summed E-state index contributed by atoms with van der Waals surface area (Å²) in [6.07, 6.45) is 0.590. The lowest BCUT2D eigenvalue weighted by Crippen LogP contribution is -2.36. The minimum Gasteiger partial charge on any atom is -0.462 e. The molecule has 30 heavy (non-hydrogen) atoms. The highest BCUT2D eigenvalue weighted by Gasteiger charge is 2.37. The van der Waals surface area contributed by atoms with E-state index in [9.17, 15) is 9.59 Å². The Morgan fingerprint density at radius 3 is 2.53 bits per heavy atom. The third-order valence-electron chi connectivity index (χ3n) is 4.66. The maximum Gasteiger partial charge on any atom is 0.355 e. The number of benzene rings is 2. The summed E-state index contributed by atoms with van der Waals surface area (Å²) in [6.45, 7) is 3.84. The quantitative estimate of drug-likeness (QED) is 0.677. The van der Waals surface area contributed by atoms with Gasteiger partial charge in [0.15, 0.2) is 5.71 Å². The maximum atomic E-state index is 13.0. The molecule has 1 N–H and O–H groups in total. The Kier molecular flexibility index (Phi) is 7.25. The van der Waals surface area contributed by atoms with Crippen molar-refractivity contribution in [2.24, 2.45) is 5.10 Å². The normalized spacial score (nSPS) is 15.8. The molecular weight excluding hydrogens is 404 g/mol. The van der Waals surface area contributed by atoms with Crippen LogP contribution in [0.1, 0.15) is 30.9 Å². The molecule has 0 saturated heterocycles. The number of esters is 2. The summed E-state index contributed by atoms with van der Waals surface area (Å²) < 4.78 is 10.7. The summed E-state index contributed by atoms with van der Waals surface area (Å²) in [6, 6.07) is 16.7. The molecule has 1 aliphatic heterocycles. The summed E-state index contributed by atoms with van der Waals surface area (Å²) in [5.41, 5.74) is 5.39. The Morgan fingerprint density at radius 1 is 1.07 bits per heavy atom. The molecule has 2 aromatic carbocycles.